The summed E-state index contributed by atoms with van der Waals surface area (Å²) >= 11 is 0. The molecule has 0 saturated heterocycles. The highest BCUT2D eigenvalue weighted by atomic mass is 32.2. The molecule has 0 amide bonds. The van der Waals surface area contributed by atoms with Crippen molar-refractivity contribution in [3.8, 4) is 0 Å². The number of likely N-dealkylation sites (N-methyl/N-ethyl adjacent to an activating group) is 2. The number of hydrogen-bond donors (Lipinski definition) is 1. The van der Waals surface area contributed by atoms with Crippen LogP contribution in [-0.4, -0.2) is 40.0 Å². The molecule has 5 heteroatoms. The van der Waals surface area contributed by atoms with Crippen molar-refractivity contribution in [2.45, 2.75) is 35.7 Å². The van der Waals surface area contributed by atoms with Crippen molar-refractivity contribution < 1.29 is 8.42 Å². The molecule has 0 aromatic heterocycles. The van der Waals surface area contributed by atoms with Gasteiger partial charge in [-0.25, -0.2) is 8.42 Å². The molecule has 0 bridgehead atoms. The molecule has 0 saturated carbocycles. The van der Waals surface area contributed by atoms with Crippen LogP contribution in [0.15, 0.2) is 64.4 Å². The lowest BCUT2D eigenvalue weighted by atomic mass is 9.99. The fourth-order valence-electron chi connectivity index (χ4n) is 3.05. The average molecular weight is 346 g/mol. The van der Waals surface area contributed by atoms with E-state index in [2.05, 4.69) is 24.1 Å². The quantitative estimate of drug-likeness (QED) is 0.837. The van der Waals surface area contributed by atoms with Crippen LogP contribution in [0, 0.1) is 0 Å². The zero-order chi connectivity index (χ0) is 17.7. The van der Waals surface area contributed by atoms with Crippen molar-refractivity contribution >= 4 is 9.84 Å². The van der Waals surface area contributed by atoms with E-state index in [4.69, 9.17) is 0 Å². The van der Waals surface area contributed by atoms with Gasteiger partial charge >= 0.3 is 0 Å². The molecule has 0 unspecified atom stereocenters. The molecule has 0 radical (unpaired) electrons. The minimum absolute atomic E-state index is 0.179. The highest BCUT2D eigenvalue weighted by molar-refractivity contribution is 7.91. The Balaban J connectivity index is 2.33. The summed E-state index contributed by atoms with van der Waals surface area (Å²) in [6.07, 6.45) is 0. The lowest BCUT2D eigenvalue weighted by Crippen LogP contribution is -2.39. The van der Waals surface area contributed by atoms with Gasteiger partial charge < -0.3 is 10.2 Å². The molecule has 4 nitrogen and oxygen atoms in total. The first-order valence-corrected chi connectivity index (χ1v) is 9.66. The Kier molecular flexibility index (Phi) is 6.15. The monoisotopic (exact) mass is 346 g/mol. The minimum atomic E-state index is -3.46. The molecule has 0 spiro atoms. The van der Waals surface area contributed by atoms with Crippen LogP contribution < -0.4 is 5.32 Å². The van der Waals surface area contributed by atoms with E-state index in [-0.39, 0.29) is 12.1 Å². The standard InChI is InChI=1S/C19H26N2O2S/c1-5-20-15(2)19(21(3)4)16-11-13-18(14-12-16)24(22,23)17-9-7-6-8-10-17/h6-15,19-20H,5H2,1-4H3/t15-,19+/m0/s1. The Bertz CT molecular complexity index is 741. The second-order valence-electron chi connectivity index (χ2n) is 6.14. The van der Waals surface area contributed by atoms with Gasteiger partial charge in [0.05, 0.1) is 9.79 Å². The molecule has 2 atom stereocenters. The third kappa shape index (κ3) is 4.04. The van der Waals surface area contributed by atoms with Crippen LogP contribution >= 0.6 is 0 Å². The maximum Gasteiger partial charge on any atom is 0.206 e. The first-order valence-electron chi connectivity index (χ1n) is 8.17. The SMILES string of the molecule is CCN[C@@H](C)[C@H](c1ccc(S(=O)(=O)c2ccccc2)cc1)N(C)C. The summed E-state index contributed by atoms with van der Waals surface area (Å²) in [5.74, 6) is 0. The van der Waals surface area contributed by atoms with Crippen molar-refractivity contribution in [2.24, 2.45) is 0 Å². The number of nitrogens with one attached hydrogen (secondary N) is 1. The Morgan fingerprint density at radius 2 is 1.50 bits per heavy atom. The summed E-state index contributed by atoms with van der Waals surface area (Å²) in [6, 6.07) is 16.2. The summed E-state index contributed by atoms with van der Waals surface area (Å²) in [7, 11) is 0.608. The Hall–Kier alpha value is -1.69. The first-order chi connectivity index (χ1) is 11.4. The predicted octanol–water partition coefficient (Wildman–Crippen LogP) is 3.12. The number of benzene rings is 2. The molecule has 24 heavy (non-hydrogen) atoms. The number of sulfone groups is 1. The van der Waals surface area contributed by atoms with E-state index in [1.54, 1.807) is 36.4 Å². The van der Waals surface area contributed by atoms with Crippen molar-refractivity contribution in [1.82, 2.24) is 10.2 Å². The van der Waals surface area contributed by atoms with E-state index in [0.717, 1.165) is 12.1 Å². The van der Waals surface area contributed by atoms with Crippen molar-refractivity contribution in [2.75, 3.05) is 20.6 Å². The Labute approximate surface area is 145 Å². The van der Waals surface area contributed by atoms with Crippen molar-refractivity contribution in [1.29, 1.82) is 0 Å². The molecule has 130 valence electrons. The van der Waals surface area contributed by atoms with Crippen LogP contribution in [0.25, 0.3) is 0 Å². The molecule has 2 rings (SSSR count). The third-order valence-electron chi connectivity index (χ3n) is 4.14. The fraction of sp³-hybridized carbons (Fsp3) is 0.368. The molecule has 0 fully saturated rings. The number of rotatable bonds is 7. The maximum absolute atomic E-state index is 12.7. The normalized spacial score (nSPS) is 14.5. The molecule has 0 heterocycles. The van der Waals surface area contributed by atoms with E-state index in [9.17, 15) is 8.42 Å². The summed E-state index contributed by atoms with van der Waals surface area (Å²) in [4.78, 5) is 2.79. The van der Waals surface area contributed by atoms with E-state index >= 15 is 0 Å². The summed E-state index contributed by atoms with van der Waals surface area (Å²) < 4.78 is 25.3. The van der Waals surface area contributed by atoms with Crippen molar-refractivity contribution in [3.05, 3.63) is 60.2 Å². The van der Waals surface area contributed by atoms with Crippen molar-refractivity contribution in [3.63, 3.8) is 0 Å². The summed E-state index contributed by atoms with van der Waals surface area (Å²) in [5.41, 5.74) is 1.10. The Morgan fingerprint density at radius 1 is 0.958 bits per heavy atom. The van der Waals surface area contributed by atoms with Crippen LogP contribution in [0.1, 0.15) is 25.5 Å². The van der Waals surface area contributed by atoms with Gasteiger partial charge in [-0.2, -0.15) is 0 Å². The van der Waals surface area contributed by atoms with Gasteiger partial charge in [0.2, 0.25) is 9.84 Å². The molecular formula is C19H26N2O2S. The van der Waals surface area contributed by atoms with Gasteiger partial charge in [0.1, 0.15) is 0 Å². The largest absolute Gasteiger partial charge is 0.313 e. The van der Waals surface area contributed by atoms with Gasteiger partial charge in [-0.3, -0.25) is 0 Å². The molecule has 2 aromatic rings. The van der Waals surface area contributed by atoms with Crippen LogP contribution in [0.4, 0.5) is 0 Å². The highest BCUT2D eigenvalue weighted by Gasteiger charge is 2.22. The zero-order valence-corrected chi connectivity index (χ0v) is 15.5. The zero-order valence-electron chi connectivity index (χ0n) is 14.7. The van der Waals surface area contributed by atoms with Gasteiger partial charge in [0, 0.05) is 12.1 Å². The molecule has 2 aromatic carbocycles. The summed E-state index contributed by atoms with van der Waals surface area (Å²) in [5, 5.41) is 3.44. The maximum atomic E-state index is 12.7. The van der Waals surface area contributed by atoms with E-state index in [0.29, 0.717) is 9.79 Å². The number of nitrogens with zero attached hydrogens (tertiary/aromatic N) is 1. The van der Waals surface area contributed by atoms with E-state index < -0.39 is 9.84 Å². The highest BCUT2D eigenvalue weighted by Crippen LogP contribution is 2.26. The van der Waals surface area contributed by atoms with Crippen LogP contribution in [0.5, 0.6) is 0 Å². The lowest BCUT2D eigenvalue weighted by molar-refractivity contribution is 0.242. The van der Waals surface area contributed by atoms with Gasteiger partial charge in [0.25, 0.3) is 0 Å². The summed E-state index contributed by atoms with van der Waals surface area (Å²) in [6.45, 7) is 5.12. The molecule has 0 aliphatic carbocycles. The third-order valence-corrected chi connectivity index (χ3v) is 5.93. The first kappa shape index (κ1) is 18.6. The minimum Gasteiger partial charge on any atom is -0.313 e. The van der Waals surface area contributed by atoms with Crippen LogP contribution in [0.2, 0.25) is 0 Å². The van der Waals surface area contributed by atoms with Crippen LogP contribution in [-0.2, 0) is 9.84 Å². The van der Waals surface area contributed by atoms with Gasteiger partial charge in [-0.15, -0.1) is 0 Å². The topological polar surface area (TPSA) is 49.4 Å². The fourth-order valence-corrected chi connectivity index (χ4v) is 4.33. The van der Waals surface area contributed by atoms with Crippen LogP contribution in [0.3, 0.4) is 0 Å². The van der Waals surface area contributed by atoms with Gasteiger partial charge in [0.15, 0.2) is 0 Å². The van der Waals surface area contributed by atoms with E-state index in [1.165, 1.54) is 0 Å². The predicted molar refractivity (Wildman–Crippen MR) is 97.9 cm³/mol. The molecular weight excluding hydrogens is 320 g/mol. The van der Waals surface area contributed by atoms with Gasteiger partial charge in [-0.1, -0.05) is 37.3 Å². The number of hydrogen-bond acceptors (Lipinski definition) is 4. The molecule has 0 aliphatic heterocycles. The Morgan fingerprint density at radius 3 is 2.00 bits per heavy atom. The van der Waals surface area contributed by atoms with Gasteiger partial charge in [-0.05, 0) is 57.4 Å². The average Bonchev–Trinajstić information content (AvgIpc) is 2.56. The van der Waals surface area contributed by atoms with E-state index in [1.807, 2.05) is 32.3 Å². The molecule has 0 aliphatic rings. The molecule has 1 N–H and O–H groups in total. The smallest absolute Gasteiger partial charge is 0.206 e. The second-order valence-corrected chi connectivity index (χ2v) is 8.09. The lowest BCUT2D eigenvalue weighted by Gasteiger charge is -2.31. The second kappa shape index (κ2) is 7.92.